The van der Waals surface area contributed by atoms with Gasteiger partial charge in [0.1, 0.15) is 11.5 Å². The fraction of sp³-hybridized carbons (Fsp3) is 0.326. The molecule has 0 radical (unpaired) electrons. The maximum absolute atomic E-state index is 15.2. The molecule has 1 spiro atoms. The number of nitrogens with zero attached hydrogens (tertiary/aromatic N) is 4. The van der Waals surface area contributed by atoms with E-state index in [2.05, 4.69) is 20.9 Å². The summed E-state index contributed by atoms with van der Waals surface area (Å²) in [5, 5.41) is 23.7. The highest BCUT2D eigenvalue weighted by Gasteiger charge is 2.66. The Morgan fingerprint density at radius 2 is 1.52 bits per heavy atom. The molecule has 58 heavy (non-hydrogen) atoms. The highest BCUT2D eigenvalue weighted by atomic mass is 28.4. The normalized spacial score (nSPS) is 19.9. The van der Waals surface area contributed by atoms with Crippen molar-refractivity contribution in [2.45, 2.75) is 63.2 Å². The zero-order valence-electron chi connectivity index (χ0n) is 33.1. The van der Waals surface area contributed by atoms with Gasteiger partial charge >= 0.3 is 0 Å². The summed E-state index contributed by atoms with van der Waals surface area (Å²) < 4.78 is 19.2. The van der Waals surface area contributed by atoms with Crippen molar-refractivity contribution < 1.29 is 38.5 Å². The number of rotatable bonds is 14. The molecule has 0 bridgehead atoms. The van der Waals surface area contributed by atoms with Crippen molar-refractivity contribution in [1.29, 1.82) is 0 Å². The summed E-state index contributed by atoms with van der Waals surface area (Å²) in [4.78, 5) is 55.3. The van der Waals surface area contributed by atoms with Crippen LogP contribution in [0.1, 0.15) is 50.9 Å². The molecule has 4 N–H and O–H groups in total. The molecule has 14 nitrogen and oxygen atoms in total. The summed E-state index contributed by atoms with van der Waals surface area (Å²) >= 11 is 0. The van der Waals surface area contributed by atoms with E-state index in [1.807, 2.05) is 44.3 Å². The predicted molar refractivity (Wildman–Crippen MR) is 221 cm³/mol. The highest BCUT2D eigenvalue weighted by Crippen LogP contribution is 2.60. The third-order valence-corrected chi connectivity index (χ3v) is 13.6. The second-order valence-corrected chi connectivity index (χ2v) is 19.3. The van der Waals surface area contributed by atoms with Gasteiger partial charge in [-0.15, -0.1) is 5.10 Å². The summed E-state index contributed by atoms with van der Waals surface area (Å²) in [7, 11) is 0.138. The minimum Gasteiger partial charge on any atom is -0.497 e. The molecular formula is C43H48N6O8Si. The Morgan fingerprint density at radius 3 is 2.10 bits per heavy atom. The molecule has 3 amide bonds. The minimum atomic E-state index is -2.99. The molecule has 4 aromatic carbocycles. The van der Waals surface area contributed by atoms with E-state index in [9.17, 15) is 19.5 Å². The van der Waals surface area contributed by atoms with Crippen LogP contribution in [0.5, 0.6) is 11.5 Å². The minimum absolute atomic E-state index is 0.0416. The first-order chi connectivity index (χ1) is 27.8. The highest BCUT2D eigenvalue weighted by molar-refractivity contribution is 6.71. The van der Waals surface area contributed by atoms with Gasteiger partial charge in [0.25, 0.3) is 17.7 Å². The van der Waals surface area contributed by atoms with E-state index in [0.29, 0.717) is 70.3 Å². The number of hydrogen-bond donors (Lipinski definition) is 4. The first kappa shape index (κ1) is 40.3. The van der Waals surface area contributed by atoms with Gasteiger partial charge in [-0.25, -0.2) is 0 Å². The van der Waals surface area contributed by atoms with E-state index < -0.39 is 25.9 Å². The molecule has 0 saturated carbocycles. The van der Waals surface area contributed by atoms with Crippen molar-refractivity contribution in [2.75, 3.05) is 36.4 Å². The van der Waals surface area contributed by atoms with Crippen LogP contribution in [0.15, 0.2) is 97.2 Å². The number of aromatic nitrogens is 3. The van der Waals surface area contributed by atoms with Gasteiger partial charge in [-0.05, 0) is 104 Å². The number of amides is 3. The molecule has 0 aliphatic carbocycles. The van der Waals surface area contributed by atoms with Crippen molar-refractivity contribution in [3.05, 3.63) is 125 Å². The Labute approximate surface area is 337 Å². The zero-order chi connectivity index (χ0) is 41.2. The molecule has 3 heterocycles. The molecule has 1 aromatic heterocycles. The van der Waals surface area contributed by atoms with E-state index >= 15 is 4.79 Å². The lowest BCUT2D eigenvalue weighted by Gasteiger charge is -2.32. The van der Waals surface area contributed by atoms with Crippen molar-refractivity contribution in [3.8, 4) is 11.5 Å². The molecule has 5 aromatic rings. The van der Waals surface area contributed by atoms with Crippen LogP contribution in [-0.2, 0) is 34.6 Å². The first-order valence-corrected chi connectivity index (χ1v) is 22.2. The average Bonchev–Trinajstić information content (AvgIpc) is 3.86. The molecular weight excluding hydrogens is 757 g/mol. The number of aliphatic hydroxyl groups excluding tert-OH is 1. The van der Waals surface area contributed by atoms with Crippen LogP contribution in [-0.4, -0.2) is 77.9 Å². The first-order valence-electron chi connectivity index (χ1n) is 19.2. The molecule has 15 heteroatoms. The van der Waals surface area contributed by atoms with Crippen LogP contribution < -0.4 is 25.0 Å². The van der Waals surface area contributed by atoms with Gasteiger partial charge in [-0.1, -0.05) is 24.3 Å². The number of aliphatic hydroxyl groups is 1. The number of anilines is 3. The number of ether oxygens (including phenoxy) is 3. The standard InChI is InChI=1S/C43H48N6O8Si/c1-27-39(58(4,5)54)38(19-21-48-26-33(20-22-50)46-47-48)57-43(27)36-24-32(45-41(52)30-11-16-35(56-3)17-12-30)13-18-37(36)49(42(43)53)25-28-7-6-8-31(23-28)44-40(51)29-9-14-34(55-2)15-10-29/h6-18,23-24,26-27,38-39,50,54H,19-22,25H2,1-5H3,(H,44,51)(H,45,52)/t27-,38+,39-,43+/m1/s1. The summed E-state index contributed by atoms with van der Waals surface area (Å²) in [6.07, 6.45) is 2.10. The monoisotopic (exact) mass is 804 g/mol. The molecule has 1 fully saturated rings. The van der Waals surface area contributed by atoms with Crippen molar-refractivity contribution >= 4 is 43.1 Å². The Balaban J connectivity index is 1.22. The second-order valence-electron chi connectivity index (χ2n) is 15.3. The number of fused-ring (bicyclic) bond motifs is 2. The number of carbonyl (C=O) groups is 3. The molecule has 2 aliphatic heterocycles. The zero-order valence-corrected chi connectivity index (χ0v) is 34.1. The van der Waals surface area contributed by atoms with Crippen LogP contribution in [0.25, 0.3) is 0 Å². The van der Waals surface area contributed by atoms with E-state index in [4.69, 9.17) is 14.2 Å². The van der Waals surface area contributed by atoms with Crippen LogP contribution in [0.3, 0.4) is 0 Å². The molecule has 2 aliphatic rings. The SMILES string of the molecule is COc1ccc(C(=O)Nc2cccc(CN3C(=O)[C@@]4(O[C@@H](CCn5cc(CCO)nn5)[C@H]([Si](C)(C)O)[C@H]4C)c4cc(NC(=O)c5ccc(OC)cc5)ccc43)c2)cc1. The van der Waals surface area contributed by atoms with E-state index in [0.717, 1.165) is 5.56 Å². The molecule has 302 valence electrons. The fourth-order valence-corrected chi connectivity index (χ4v) is 10.9. The van der Waals surface area contributed by atoms with E-state index in [-0.39, 0.29) is 36.4 Å². The fourth-order valence-electron chi connectivity index (χ4n) is 8.34. The summed E-state index contributed by atoms with van der Waals surface area (Å²) in [6, 6.07) is 26.3. The Morgan fingerprint density at radius 1 is 0.897 bits per heavy atom. The van der Waals surface area contributed by atoms with Gasteiger partial charge in [-0.3, -0.25) is 19.1 Å². The molecule has 0 unspecified atom stereocenters. The number of nitrogens with one attached hydrogen (secondary N) is 2. The van der Waals surface area contributed by atoms with Gasteiger partial charge in [-0.2, -0.15) is 0 Å². The summed E-state index contributed by atoms with van der Waals surface area (Å²) in [5.74, 6) is -0.0884. The van der Waals surface area contributed by atoms with E-state index in [1.165, 1.54) is 0 Å². The van der Waals surface area contributed by atoms with Crippen LogP contribution in [0, 0.1) is 5.92 Å². The quantitative estimate of drug-likeness (QED) is 0.101. The molecule has 7 rings (SSSR count). The lowest BCUT2D eigenvalue weighted by molar-refractivity contribution is -0.146. The van der Waals surface area contributed by atoms with Gasteiger partial charge < -0.3 is 39.6 Å². The third kappa shape index (κ3) is 7.98. The van der Waals surface area contributed by atoms with E-state index in [1.54, 1.807) is 96.7 Å². The number of aryl methyl sites for hydroxylation is 1. The number of carbonyl (C=O) groups excluding carboxylic acids is 3. The lowest BCUT2D eigenvalue weighted by Crippen LogP contribution is -2.46. The van der Waals surface area contributed by atoms with Crippen LogP contribution >= 0.6 is 0 Å². The summed E-state index contributed by atoms with van der Waals surface area (Å²) in [6.45, 7) is 6.25. The van der Waals surface area contributed by atoms with Gasteiger partial charge in [0.05, 0.1) is 38.2 Å². The maximum atomic E-state index is 15.2. The number of methoxy groups -OCH3 is 2. The number of benzene rings is 4. The topological polar surface area (TPSA) is 177 Å². The lowest BCUT2D eigenvalue weighted by atomic mass is 9.82. The van der Waals surface area contributed by atoms with Gasteiger partial charge in [0.2, 0.25) is 0 Å². The Hall–Kier alpha value is -5.87. The molecule has 4 atom stereocenters. The predicted octanol–water partition coefficient (Wildman–Crippen LogP) is 5.77. The van der Waals surface area contributed by atoms with Crippen molar-refractivity contribution in [3.63, 3.8) is 0 Å². The van der Waals surface area contributed by atoms with Gasteiger partial charge in [0.15, 0.2) is 13.9 Å². The van der Waals surface area contributed by atoms with Crippen LogP contribution in [0.4, 0.5) is 17.1 Å². The summed E-state index contributed by atoms with van der Waals surface area (Å²) in [5.41, 5.74) is 2.75. The van der Waals surface area contributed by atoms with Crippen LogP contribution in [0.2, 0.25) is 18.6 Å². The van der Waals surface area contributed by atoms with Crippen molar-refractivity contribution in [1.82, 2.24) is 15.0 Å². The number of hydrogen-bond acceptors (Lipinski definition) is 10. The van der Waals surface area contributed by atoms with Crippen molar-refractivity contribution in [2.24, 2.45) is 5.92 Å². The third-order valence-electron chi connectivity index (χ3n) is 11.1. The average molecular weight is 805 g/mol. The smallest absolute Gasteiger partial charge is 0.264 e. The van der Waals surface area contributed by atoms with Gasteiger partial charge in [0, 0.05) is 65.3 Å². The Bertz CT molecular complexity index is 2290. The molecule has 1 saturated heterocycles. The Kier molecular flexibility index (Phi) is 11.5. The maximum Gasteiger partial charge on any atom is 0.264 e. The second kappa shape index (κ2) is 16.5. The largest absolute Gasteiger partial charge is 0.497 e.